The van der Waals surface area contributed by atoms with Crippen LogP contribution < -0.4 is 0 Å². The quantitative estimate of drug-likeness (QED) is 0.670. The van der Waals surface area contributed by atoms with Gasteiger partial charge in [0.1, 0.15) is 0 Å². The standard InChI is InChI=1S/C6H13Cl2O2P/c1-6(2,3)4-5-10-11(7,8)9/h4-5H2,1-3H3. The van der Waals surface area contributed by atoms with Crippen molar-refractivity contribution in [2.45, 2.75) is 27.2 Å². The minimum atomic E-state index is -3.31. The van der Waals surface area contributed by atoms with Gasteiger partial charge in [0.25, 0.3) is 0 Å². The van der Waals surface area contributed by atoms with Gasteiger partial charge in [-0.3, -0.25) is 4.57 Å². The molecule has 0 aromatic carbocycles. The Morgan fingerprint density at radius 2 is 1.82 bits per heavy atom. The van der Waals surface area contributed by atoms with Gasteiger partial charge in [-0.1, -0.05) is 20.8 Å². The first-order valence-corrected chi connectivity index (χ1v) is 6.78. The van der Waals surface area contributed by atoms with E-state index in [1.54, 1.807) is 0 Å². The Morgan fingerprint density at radius 1 is 1.36 bits per heavy atom. The Morgan fingerprint density at radius 3 is 2.09 bits per heavy atom. The molecule has 2 nitrogen and oxygen atoms in total. The summed E-state index contributed by atoms with van der Waals surface area (Å²) < 4.78 is 15.3. The van der Waals surface area contributed by atoms with E-state index in [0.717, 1.165) is 6.42 Å². The molecule has 5 heteroatoms. The van der Waals surface area contributed by atoms with Gasteiger partial charge < -0.3 is 4.52 Å². The molecule has 0 aromatic heterocycles. The van der Waals surface area contributed by atoms with E-state index in [1.165, 1.54) is 0 Å². The van der Waals surface area contributed by atoms with Crippen molar-refractivity contribution in [2.75, 3.05) is 6.61 Å². The van der Waals surface area contributed by atoms with E-state index in [-0.39, 0.29) is 5.41 Å². The molecule has 0 saturated carbocycles. The second-order valence-electron chi connectivity index (χ2n) is 3.56. The molecule has 0 radical (unpaired) electrons. The van der Waals surface area contributed by atoms with Gasteiger partial charge in [0, 0.05) is 0 Å². The highest BCUT2D eigenvalue weighted by Gasteiger charge is 2.16. The van der Waals surface area contributed by atoms with Crippen LogP contribution in [0.2, 0.25) is 0 Å². The van der Waals surface area contributed by atoms with Crippen molar-refractivity contribution < 1.29 is 9.09 Å². The maximum Gasteiger partial charge on any atom is 0.380 e. The summed E-state index contributed by atoms with van der Waals surface area (Å²) >= 11 is 10.3. The Kier molecular flexibility index (Phi) is 4.42. The van der Waals surface area contributed by atoms with Crippen molar-refractivity contribution in [3.8, 4) is 0 Å². The highest BCUT2D eigenvalue weighted by Crippen LogP contribution is 2.57. The summed E-state index contributed by atoms with van der Waals surface area (Å²) in [5.41, 5.74) is 0.156. The zero-order chi connectivity index (χ0) is 9.12. The highest BCUT2D eigenvalue weighted by molar-refractivity contribution is 8.05. The number of hydrogen-bond donors (Lipinski definition) is 0. The van der Waals surface area contributed by atoms with E-state index < -0.39 is 6.07 Å². The van der Waals surface area contributed by atoms with E-state index in [2.05, 4.69) is 20.8 Å². The van der Waals surface area contributed by atoms with Crippen LogP contribution in [0.3, 0.4) is 0 Å². The first-order chi connectivity index (χ1) is 4.71. The Balaban J connectivity index is 3.52. The number of rotatable bonds is 3. The summed E-state index contributed by atoms with van der Waals surface area (Å²) in [7, 11) is 0. The van der Waals surface area contributed by atoms with Crippen molar-refractivity contribution in [3.63, 3.8) is 0 Å². The topological polar surface area (TPSA) is 26.3 Å². The minimum Gasteiger partial charge on any atom is -0.306 e. The third-order valence-corrected chi connectivity index (χ3v) is 2.16. The Labute approximate surface area is 77.2 Å². The average Bonchev–Trinajstić information content (AvgIpc) is 1.55. The summed E-state index contributed by atoms with van der Waals surface area (Å²) in [5, 5.41) is 0. The van der Waals surface area contributed by atoms with Crippen LogP contribution in [0.4, 0.5) is 0 Å². The fourth-order valence-corrected chi connectivity index (χ4v) is 1.18. The molecule has 0 bridgehead atoms. The van der Waals surface area contributed by atoms with Gasteiger partial charge in [-0.25, -0.2) is 0 Å². The van der Waals surface area contributed by atoms with Crippen LogP contribution in [0.5, 0.6) is 0 Å². The second-order valence-corrected chi connectivity index (χ2v) is 7.83. The molecule has 0 aromatic rings. The Hall–Kier alpha value is 0.770. The van der Waals surface area contributed by atoms with E-state index >= 15 is 0 Å². The first kappa shape index (κ1) is 11.8. The molecule has 68 valence electrons. The largest absolute Gasteiger partial charge is 0.380 e. The maximum atomic E-state index is 10.6. The van der Waals surface area contributed by atoms with Gasteiger partial charge >= 0.3 is 6.07 Å². The summed E-state index contributed by atoms with van der Waals surface area (Å²) in [4.78, 5) is 0. The third kappa shape index (κ3) is 10.8. The van der Waals surface area contributed by atoms with Crippen LogP contribution in [-0.2, 0) is 9.09 Å². The molecule has 0 aliphatic carbocycles. The molecule has 0 spiro atoms. The van der Waals surface area contributed by atoms with Crippen molar-refractivity contribution in [3.05, 3.63) is 0 Å². The molecule has 0 aliphatic rings. The molecule has 0 N–H and O–H groups in total. The molecular formula is C6H13Cl2O2P. The van der Waals surface area contributed by atoms with E-state index in [1.807, 2.05) is 0 Å². The maximum absolute atomic E-state index is 10.6. The molecule has 0 saturated heterocycles. The zero-order valence-corrected chi connectivity index (χ0v) is 9.34. The van der Waals surface area contributed by atoms with Crippen LogP contribution in [0.15, 0.2) is 0 Å². The van der Waals surface area contributed by atoms with Crippen molar-refractivity contribution >= 4 is 28.6 Å². The fourth-order valence-electron chi connectivity index (χ4n) is 0.458. The molecule has 0 amide bonds. The lowest BCUT2D eigenvalue weighted by Gasteiger charge is -2.17. The van der Waals surface area contributed by atoms with Crippen LogP contribution in [0.25, 0.3) is 0 Å². The third-order valence-electron chi connectivity index (χ3n) is 1.09. The summed E-state index contributed by atoms with van der Waals surface area (Å²) in [6.07, 6.45) is -2.52. The van der Waals surface area contributed by atoms with Crippen LogP contribution >= 0.6 is 28.6 Å². The molecule has 0 heterocycles. The van der Waals surface area contributed by atoms with Gasteiger partial charge in [-0.15, -0.1) is 0 Å². The van der Waals surface area contributed by atoms with Gasteiger partial charge in [0.2, 0.25) is 0 Å². The SMILES string of the molecule is CC(C)(C)CCOP(=O)(Cl)Cl. The molecule has 0 unspecified atom stereocenters. The normalized spacial score (nSPS) is 13.5. The predicted molar refractivity (Wildman–Crippen MR) is 49.3 cm³/mol. The van der Waals surface area contributed by atoms with Crippen LogP contribution in [0.1, 0.15) is 27.2 Å². The van der Waals surface area contributed by atoms with E-state index in [0.29, 0.717) is 6.61 Å². The van der Waals surface area contributed by atoms with Crippen molar-refractivity contribution in [1.29, 1.82) is 0 Å². The van der Waals surface area contributed by atoms with Gasteiger partial charge in [0.15, 0.2) is 0 Å². The number of halogens is 2. The smallest absolute Gasteiger partial charge is 0.306 e. The molecule has 0 fully saturated rings. The highest BCUT2D eigenvalue weighted by atomic mass is 35.9. The molecule has 0 rings (SSSR count). The molecule has 0 aliphatic heterocycles. The second kappa shape index (κ2) is 4.13. The first-order valence-electron chi connectivity index (χ1n) is 3.35. The average molecular weight is 219 g/mol. The lowest BCUT2D eigenvalue weighted by atomic mass is 9.93. The minimum absolute atomic E-state index is 0.156. The van der Waals surface area contributed by atoms with E-state index in [9.17, 15) is 4.57 Å². The monoisotopic (exact) mass is 218 g/mol. The van der Waals surface area contributed by atoms with Crippen LogP contribution in [0, 0.1) is 5.41 Å². The van der Waals surface area contributed by atoms with Crippen molar-refractivity contribution in [2.24, 2.45) is 5.41 Å². The van der Waals surface area contributed by atoms with Gasteiger partial charge in [-0.2, -0.15) is 0 Å². The number of hydrogen-bond acceptors (Lipinski definition) is 2. The lowest BCUT2D eigenvalue weighted by Crippen LogP contribution is -2.07. The Bertz CT molecular complexity index is 158. The van der Waals surface area contributed by atoms with Crippen LogP contribution in [-0.4, -0.2) is 6.61 Å². The van der Waals surface area contributed by atoms with Crippen molar-refractivity contribution in [1.82, 2.24) is 0 Å². The molecular weight excluding hydrogens is 206 g/mol. The predicted octanol–water partition coefficient (Wildman–Crippen LogP) is 4.02. The zero-order valence-electron chi connectivity index (χ0n) is 6.93. The lowest BCUT2D eigenvalue weighted by molar-refractivity contribution is 0.254. The van der Waals surface area contributed by atoms with Gasteiger partial charge in [0.05, 0.1) is 6.61 Å². The summed E-state index contributed by atoms with van der Waals surface area (Å²) in [5.74, 6) is 0. The van der Waals surface area contributed by atoms with Gasteiger partial charge in [-0.05, 0) is 34.3 Å². The fraction of sp³-hybridized carbons (Fsp3) is 1.00. The van der Waals surface area contributed by atoms with E-state index in [4.69, 9.17) is 27.0 Å². The molecule has 0 atom stereocenters. The summed E-state index contributed by atoms with van der Waals surface area (Å²) in [6.45, 7) is 6.52. The molecule has 11 heavy (non-hydrogen) atoms. The summed E-state index contributed by atoms with van der Waals surface area (Å²) in [6, 6.07) is 0.